The summed E-state index contributed by atoms with van der Waals surface area (Å²) in [6.45, 7) is 4.02. The zero-order chi connectivity index (χ0) is 10.7. The van der Waals surface area contributed by atoms with E-state index in [0.29, 0.717) is 6.04 Å². The highest BCUT2D eigenvalue weighted by molar-refractivity contribution is 5.15. The van der Waals surface area contributed by atoms with Gasteiger partial charge in [-0.15, -0.1) is 0 Å². The molecule has 1 saturated carbocycles. The predicted octanol–water partition coefficient (Wildman–Crippen LogP) is 2.00. The zero-order valence-corrected chi connectivity index (χ0v) is 9.39. The maximum atomic E-state index is 5.75. The minimum Gasteiger partial charge on any atom is -0.329 e. The third kappa shape index (κ3) is 2.80. The molecule has 82 valence electrons. The van der Waals surface area contributed by atoms with Crippen LogP contribution >= 0.6 is 0 Å². The van der Waals surface area contributed by atoms with E-state index in [9.17, 15) is 0 Å². The summed E-state index contributed by atoms with van der Waals surface area (Å²) in [5.41, 5.74) is 7.14. The molecule has 0 radical (unpaired) electrons. The Morgan fingerprint density at radius 1 is 1.33 bits per heavy atom. The number of hydrogen-bond donors (Lipinski definition) is 1. The first-order valence-corrected chi connectivity index (χ1v) is 5.81. The van der Waals surface area contributed by atoms with E-state index in [2.05, 4.69) is 42.2 Å². The zero-order valence-electron chi connectivity index (χ0n) is 9.39. The molecule has 1 aromatic carbocycles. The van der Waals surface area contributed by atoms with Crippen LogP contribution in [0.15, 0.2) is 30.3 Å². The molecule has 0 spiro atoms. The molecule has 0 aromatic heterocycles. The van der Waals surface area contributed by atoms with Crippen molar-refractivity contribution in [3.05, 3.63) is 35.9 Å². The molecule has 0 amide bonds. The van der Waals surface area contributed by atoms with Gasteiger partial charge in [-0.2, -0.15) is 0 Å². The van der Waals surface area contributed by atoms with Gasteiger partial charge in [-0.1, -0.05) is 30.3 Å². The van der Waals surface area contributed by atoms with Crippen LogP contribution in [-0.2, 0) is 6.54 Å². The van der Waals surface area contributed by atoms with Crippen molar-refractivity contribution in [1.82, 2.24) is 4.90 Å². The van der Waals surface area contributed by atoms with Crippen molar-refractivity contribution >= 4 is 0 Å². The van der Waals surface area contributed by atoms with Crippen LogP contribution in [0.25, 0.3) is 0 Å². The van der Waals surface area contributed by atoms with Crippen LogP contribution in [0.2, 0.25) is 0 Å². The molecule has 1 atom stereocenters. The summed E-state index contributed by atoms with van der Waals surface area (Å²) < 4.78 is 0. The molecular weight excluding hydrogens is 184 g/mol. The molecule has 2 heteroatoms. The lowest BCUT2D eigenvalue weighted by Crippen LogP contribution is -2.39. The fraction of sp³-hybridized carbons (Fsp3) is 0.538. The van der Waals surface area contributed by atoms with Gasteiger partial charge in [0.25, 0.3) is 0 Å². The normalized spacial score (nSPS) is 18.1. The highest BCUT2D eigenvalue weighted by Gasteiger charge is 2.31. The molecule has 1 fully saturated rings. The summed E-state index contributed by atoms with van der Waals surface area (Å²) in [6.07, 6.45) is 2.69. The largest absolute Gasteiger partial charge is 0.329 e. The van der Waals surface area contributed by atoms with E-state index in [0.717, 1.165) is 19.1 Å². The summed E-state index contributed by atoms with van der Waals surface area (Å²) >= 11 is 0. The molecule has 0 aliphatic heterocycles. The number of benzene rings is 1. The monoisotopic (exact) mass is 204 g/mol. The quantitative estimate of drug-likeness (QED) is 0.795. The van der Waals surface area contributed by atoms with E-state index >= 15 is 0 Å². The summed E-state index contributed by atoms with van der Waals surface area (Å²) in [5, 5.41) is 0. The first-order valence-electron chi connectivity index (χ1n) is 5.81. The standard InChI is InChI=1S/C13H20N2/c1-11(9-14)15(13-7-8-13)10-12-5-3-2-4-6-12/h2-6,11,13H,7-10,14H2,1H3. The Kier molecular flexibility index (Phi) is 3.39. The average molecular weight is 204 g/mol. The molecule has 2 rings (SSSR count). The molecule has 1 aliphatic rings. The van der Waals surface area contributed by atoms with Gasteiger partial charge in [0.05, 0.1) is 0 Å². The van der Waals surface area contributed by atoms with Gasteiger partial charge in [-0.05, 0) is 25.3 Å². The van der Waals surface area contributed by atoms with Crippen molar-refractivity contribution in [2.45, 2.75) is 38.4 Å². The smallest absolute Gasteiger partial charge is 0.0240 e. The van der Waals surface area contributed by atoms with E-state index in [-0.39, 0.29) is 0 Å². The molecule has 0 saturated heterocycles. The van der Waals surface area contributed by atoms with Gasteiger partial charge in [-0.3, -0.25) is 4.90 Å². The molecule has 2 nitrogen and oxygen atoms in total. The van der Waals surface area contributed by atoms with Gasteiger partial charge in [0.1, 0.15) is 0 Å². The average Bonchev–Trinajstić information content (AvgIpc) is 3.10. The van der Waals surface area contributed by atoms with Gasteiger partial charge < -0.3 is 5.73 Å². The third-order valence-corrected chi connectivity index (χ3v) is 3.13. The molecule has 0 bridgehead atoms. The second kappa shape index (κ2) is 4.77. The van der Waals surface area contributed by atoms with Crippen LogP contribution in [-0.4, -0.2) is 23.5 Å². The second-order valence-electron chi connectivity index (χ2n) is 4.47. The summed E-state index contributed by atoms with van der Waals surface area (Å²) in [5.74, 6) is 0. The first-order chi connectivity index (χ1) is 7.31. The Morgan fingerprint density at radius 3 is 2.53 bits per heavy atom. The predicted molar refractivity (Wildman–Crippen MR) is 63.5 cm³/mol. The lowest BCUT2D eigenvalue weighted by molar-refractivity contribution is 0.194. The minimum atomic E-state index is 0.498. The van der Waals surface area contributed by atoms with Crippen LogP contribution in [0, 0.1) is 0 Å². The van der Waals surface area contributed by atoms with Crippen molar-refractivity contribution in [1.29, 1.82) is 0 Å². The molecule has 1 aromatic rings. The van der Waals surface area contributed by atoms with Crippen molar-refractivity contribution < 1.29 is 0 Å². The number of rotatable bonds is 5. The van der Waals surface area contributed by atoms with E-state index in [1.807, 2.05) is 0 Å². The van der Waals surface area contributed by atoms with Crippen LogP contribution in [0.5, 0.6) is 0 Å². The van der Waals surface area contributed by atoms with Crippen molar-refractivity contribution in [3.63, 3.8) is 0 Å². The molecule has 15 heavy (non-hydrogen) atoms. The second-order valence-corrected chi connectivity index (χ2v) is 4.47. The molecular formula is C13H20N2. The number of nitrogens with two attached hydrogens (primary N) is 1. The van der Waals surface area contributed by atoms with E-state index in [1.165, 1.54) is 18.4 Å². The Bertz CT molecular complexity index is 293. The number of hydrogen-bond acceptors (Lipinski definition) is 2. The lowest BCUT2D eigenvalue weighted by Gasteiger charge is -2.28. The fourth-order valence-electron chi connectivity index (χ4n) is 1.98. The maximum absolute atomic E-state index is 5.75. The number of nitrogens with zero attached hydrogens (tertiary/aromatic N) is 1. The van der Waals surface area contributed by atoms with Crippen LogP contribution in [0.4, 0.5) is 0 Å². The highest BCUT2D eigenvalue weighted by atomic mass is 15.2. The molecule has 0 heterocycles. The van der Waals surface area contributed by atoms with Gasteiger partial charge in [0.2, 0.25) is 0 Å². The van der Waals surface area contributed by atoms with Crippen molar-refractivity contribution in [2.75, 3.05) is 6.54 Å². The Balaban J connectivity index is 2.00. The highest BCUT2D eigenvalue weighted by Crippen LogP contribution is 2.29. The van der Waals surface area contributed by atoms with Crippen LogP contribution in [0.1, 0.15) is 25.3 Å². The molecule has 2 N–H and O–H groups in total. The van der Waals surface area contributed by atoms with Gasteiger partial charge in [0.15, 0.2) is 0 Å². The fourth-order valence-corrected chi connectivity index (χ4v) is 1.98. The summed E-state index contributed by atoms with van der Waals surface area (Å²) in [6, 6.07) is 11.9. The van der Waals surface area contributed by atoms with E-state index in [4.69, 9.17) is 5.73 Å². The Hall–Kier alpha value is -0.860. The maximum Gasteiger partial charge on any atom is 0.0240 e. The van der Waals surface area contributed by atoms with Crippen LogP contribution in [0.3, 0.4) is 0 Å². The van der Waals surface area contributed by atoms with Gasteiger partial charge >= 0.3 is 0 Å². The minimum absolute atomic E-state index is 0.498. The first kappa shape index (κ1) is 10.7. The van der Waals surface area contributed by atoms with Gasteiger partial charge in [0, 0.05) is 25.2 Å². The molecule has 1 unspecified atom stereocenters. The summed E-state index contributed by atoms with van der Waals surface area (Å²) in [4.78, 5) is 2.54. The topological polar surface area (TPSA) is 29.3 Å². The van der Waals surface area contributed by atoms with Gasteiger partial charge in [-0.25, -0.2) is 0 Å². The van der Waals surface area contributed by atoms with Crippen molar-refractivity contribution in [2.24, 2.45) is 5.73 Å². The molecule has 1 aliphatic carbocycles. The Morgan fingerprint density at radius 2 is 2.00 bits per heavy atom. The SMILES string of the molecule is CC(CN)N(Cc1ccccc1)C1CC1. The Labute approximate surface area is 92.1 Å². The van der Waals surface area contributed by atoms with E-state index in [1.54, 1.807) is 0 Å². The summed E-state index contributed by atoms with van der Waals surface area (Å²) in [7, 11) is 0. The lowest BCUT2D eigenvalue weighted by atomic mass is 10.2. The third-order valence-electron chi connectivity index (χ3n) is 3.13. The van der Waals surface area contributed by atoms with Crippen LogP contribution < -0.4 is 5.73 Å². The van der Waals surface area contributed by atoms with E-state index < -0.39 is 0 Å². The van der Waals surface area contributed by atoms with Crippen molar-refractivity contribution in [3.8, 4) is 0 Å².